The van der Waals surface area contributed by atoms with E-state index in [1.807, 2.05) is 0 Å². The van der Waals surface area contributed by atoms with Gasteiger partial charge in [-0.05, 0) is 32.2 Å². The highest BCUT2D eigenvalue weighted by Gasteiger charge is 2.27. The molecule has 1 rings (SSSR count). The first-order valence-corrected chi connectivity index (χ1v) is 7.48. The van der Waals surface area contributed by atoms with Crippen LogP contribution in [0.5, 0.6) is 0 Å². The fourth-order valence-corrected chi connectivity index (χ4v) is 2.65. The number of nitrogens with zero attached hydrogens (tertiary/aromatic N) is 2. The highest BCUT2D eigenvalue weighted by Crippen LogP contribution is 2.11. The van der Waals surface area contributed by atoms with Gasteiger partial charge in [0, 0.05) is 26.2 Å². The van der Waals surface area contributed by atoms with Crippen LogP contribution in [-0.4, -0.2) is 65.7 Å². The Morgan fingerprint density at radius 2 is 1.95 bits per heavy atom. The minimum Gasteiger partial charge on any atom is -0.480 e. The van der Waals surface area contributed by atoms with Gasteiger partial charge in [-0.2, -0.15) is 0 Å². The number of likely N-dealkylation sites (N-methyl/N-ethyl adjacent to an activating group) is 1. The molecule has 0 bridgehead atoms. The Labute approximate surface area is 121 Å². The monoisotopic (exact) mass is 285 g/mol. The van der Waals surface area contributed by atoms with Gasteiger partial charge in [-0.15, -0.1) is 0 Å². The van der Waals surface area contributed by atoms with Crippen molar-refractivity contribution in [3.63, 3.8) is 0 Å². The first kappa shape index (κ1) is 16.8. The zero-order valence-corrected chi connectivity index (χ0v) is 12.8. The number of carboxylic acids is 1. The maximum atomic E-state index is 12.1. The number of urea groups is 1. The Morgan fingerprint density at radius 3 is 2.40 bits per heavy atom. The number of carboxylic acid groups (broad SMARTS) is 1. The average Bonchev–Trinajstić information content (AvgIpc) is 2.41. The van der Waals surface area contributed by atoms with Crippen LogP contribution in [-0.2, 0) is 4.79 Å². The molecule has 1 fully saturated rings. The molecule has 1 saturated heterocycles. The smallest absolute Gasteiger partial charge is 0.326 e. The van der Waals surface area contributed by atoms with E-state index in [-0.39, 0.29) is 12.1 Å². The van der Waals surface area contributed by atoms with E-state index in [1.165, 1.54) is 4.90 Å². The van der Waals surface area contributed by atoms with Gasteiger partial charge in [0.2, 0.25) is 0 Å². The van der Waals surface area contributed by atoms with Crippen molar-refractivity contribution >= 4 is 12.0 Å². The van der Waals surface area contributed by atoms with Crippen LogP contribution in [0.4, 0.5) is 4.79 Å². The van der Waals surface area contributed by atoms with Gasteiger partial charge in [0.25, 0.3) is 0 Å². The Kier molecular flexibility index (Phi) is 6.78. The minimum absolute atomic E-state index is 0.157. The predicted octanol–water partition coefficient (Wildman–Crippen LogP) is 1.37. The molecule has 1 heterocycles. The number of rotatable bonds is 6. The molecule has 20 heavy (non-hydrogen) atoms. The summed E-state index contributed by atoms with van der Waals surface area (Å²) in [6.45, 7) is 7.04. The largest absolute Gasteiger partial charge is 0.480 e. The average molecular weight is 285 g/mol. The van der Waals surface area contributed by atoms with E-state index in [0.717, 1.165) is 38.9 Å². The number of hydrogen-bond acceptors (Lipinski definition) is 3. The zero-order valence-electron chi connectivity index (χ0n) is 12.8. The van der Waals surface area contributed by atoms with E-state index in [4.69, 9.17) is 5.11 Å². The summed E-state index contributed by atoms with van der Waals surface area (Å²) in [5, 5.41) is 12.0. The van der Waals surface area contributed by atoms with Crippen molar-refractivity contribution < 1.29 is 14.7 Å². The molecule has 6 heteroatoms. The third-order valence-electron chi connectivity index (χ3n) is 3.91. The number of carbonyl (C=O) groups excluding carboxylic acids is 1. The van der Waals surface area contributed by atoms with Gasteiger partial charge in [-0.3, -0.25) is 0 Å². The van der Waals surface area contributed by atoms with E-state index in [2.05, 4.69) is 17.1 Å². The van der Waals surface area contributed by atoms with E-state index in [1.54, 1.807) is 14.0 Å². The molecule has 0 spiro atoms. The summed E-state index contributed by atoms with van der Waals surface area (Å²) in [4.78, 5) is 26.8. The molecular weight excluding hydrogens is 258 g/mol. The van der Waals surface area contributed by atoms with Crippen molar-refractivity contribution in [2.24, 2.45) is 0 Å². The van der Waals surface area contributed by atoms with Gasteiger partial charge >= 0.3 is 12.0 Å². The van der Waals surface area contributed by atoms with Gasteiger partial charge in [0.1, 0.15) is 6.04 Å². The second-order valence-electron chi connectivity index (χ2n) is 5.44. The highest BCUT2D eigenvalue weighted by atomic mass is 16.4. The molecule has 0 aromatic heterocycles. The van der Waals surface area contributed by atoms with Crippen LogP contribution in [0.15, 0.2) is 0 Å². The molecule has 1 aliphatic heterocycles. The summed E-state index contributed by atoms with van der Waals surface area (Å²) < 4.78 is 0. The lowest BCUT2D eigenvalue weighted by Gasteiger charge is -2.33. The minimum atomic E-state index is -0.956. The van der Waals surface area contributed by atoms with Crippen molar-refractivity contribution in [1.82, 2.24) is 15.1 Å². The van der Waals surface area contributed by atoms with Crippen LogP contribution >= 0.6 is 0 Å². The molecule has 1 aliphatic rings. The lowest BCUT2D eigenvalue weighted by molar-refractivity contribution is -0.141. The second-order valence-corrected chi connectivity index (χ2v) is 5.44. The number of piperidine rings is 1. The standard InChI is InChI=1S/C14H27N3O3/c1-4-8-17-9-6-11(7-10-17)15-14(20)16(3)12(5-2)13(18)19/h11-12H,4-10H2,1-3H3,(H,15,20)(H,18,19). The maximum absolute atomic E-state index is 12.1. The van der Waals surface area contributed by atoms with Gasteiger partial charge in [-0.1, -0.05) is 13.8 Å². The maximum Gasteiger partial charge on any atom is 0.326 e. The topological polar surface area (TPSA) is 72.9 Å². The Bertz CT molecular complexity index is 328. The van der Waals surface area contributed by atoms with Crippen LogP contribution in [0.3, 0.4) is 0 Å². The molecule has 6 nitrogen and oxygen atoms in total. The molecule has 0 saturated carbocycles. The summed E-state index contributed by atoms with van der Waals surface area (Å²) in [6.07, 6.45) is 3.43. The SMILES string of the molecule is CCCN1CCC(NC(=O)N(C)C(CC)C(=O)O)CC1. The lowest BCUT2D eigenvalue weighted by atomic mass is 10.1. The van der Waals surface area contributed by atoms with E-state index >= 15 is 0 Å². The van der Waals surface area contributed by atoms with Crippen LogP contribution in [0.25, 0.3) is 0 Å². The van der Waals surface area contributed by atoms with Crippen molar-refractivity contribution in [3.8, 4) is 0 Å². The molecule has 0 aliphatic carbocycles. The first-order valence-electron chi connectivity index (χ1n) is 7.48. The van der Waals surface area contributed by atoms with E-state index < -0.39 is 12.0 Å². The molecule has 1 unspecified atom stereocenters. The second kappa shape index (κ2) is 8.09. The van der Waals surface area contributed by atoms with Crippen molar-refractivity contribution in [2.45, 2.75) is 51.6 Å². The predicted molar refractivity (Wildman–Crippen MR) is 77.8 cm³/mol. The fourth-order valence-electron chi connectivity index (χ4n) is 2.65. The van der Waals surface area contributed by atoms with Gasteiger partial charge in [0.05, 0.1) is 0 Å². The van der Waals surface area contributed by atoms with E-state index in [9.17, 15) is 9.59 Å². The van der Waals surface area contributed by atoms with E-state index in [0.29, 0.717) is 6.42 Å². The Hall–Kier alpha value is -1.30. The van der Waals surface area contributed by atoms with Crippen LogP contribution in [0, 0.1) is 0 Å². The molecule has 1 atom stereocenters. The summed E-state index contributed by atoms with van der Waals surface area (Å²) in [6, 6.07) is -0.882. The number of likely N-dealkylation sites (tertiary alicyclic amines) is 1. The number of carbonyl (C=O) groups is 2. The third-order valence-corrected chi connectivity index (χ3v) is 3.91. The fraction of sp³-hybridized carbons (Fsp3) is 0.857. The third kappa shape index (κ3) is 4.67. The summed E-state index contributed by atoms with van der Waals surface area (Å²) in [5.74, 6) is -0.956. The molecule has 0 aromatic carbocycles. The Balaban J connectivity index is 2.41. The molecule has 116 valence electrons. The molecular formula is C14H27N3O3. The first-order chi connectivity index (χ1) is 9.49. The lowest BCUT2D eigenvalue weighted by Crippen LogP contribution is -2.52. The van der Waals surface area contributed by atoms with Gasteiger partial charge in [0.15, 0.2) is 0 Å². The number of hydrogen-bond donors (Lipinski definition) is 2. The summed E-state index contributed by atoms with van der Waals surface area (Å²) in [7, 11) is 1.55. The number of amides is 2. The number of aliphatic carboxylic acids is 1. The summed E-state index contributed by atoms with van der Waals surface area (Å²) in [5.41, 5.74) is 0. The normalized spacial score (nSPS) is 18.6. The van der Waals surface area contributed by atoms with Crippen LogP contribution in [0.1, 0.15) is 39.5 Å². The highest BCUT2D eigenvalue weighted by molar-refractivity contribution is 5.82. The molecule has 0 aromatic rings. The quantitative estimate of drug-likeness (QED) is 0.773. The van der Waals surface area contributed by atoms with Gasteiger partial charge < -0.3 is 20.2 Å². The van der Waals surface area contributed by atoms with Crippen molar-refractivity contribution in [2.75, 3.05) is 26.7 Å². The number of nitrogens with one attached hydrogen (secondary N) is 1. The molecule has 2 amide bonds. The van der Waals surface area contributed by atoms with Crippen molar-refractivity contribution in [1.29, 1.82) is 0 Å². The van der Waals surface area contributed by atoms with Crippen molar-refractivity contribution in [3.05, 3.63) is 0 Å². The molecule has 0 radical (unpaired) electrons. The van der Waals surface area contributed by atoms with Crippen LogP contribution in [0.2, 0.25) is 0 Å². The summed E-state index contributed by atoms with van der Waals surface area (Å²) >= 11 is 0. The zero-order chi connectivity index (χ0) is 15.1. The van der Waals surface area contributed by atoms with Gasteiger partial charge in [-0.25, -0.2) is 9.59 Å². The Morgan fingerprint density at radius 1 is 1.35 bits per heavy atom. The van der Waals surface area contributed by atoms with Crippen LogP contribution < -0.4 is 5.32 Å². The molecule has 2 N–H and O–H groups in total.